The molecule has 0 aromatic heterocycles. The van der Waals surface area contributed by atoms with Crippen molar-refractivity contribution in [2.45, 2.75) is 59.7 Å². The van der Waals surface area contributed by atoms with E-state index in [2.05, 4.69) is 10.0 Å². The topological polar surface area (TPSA) is 105 Å². The molecule has 1 fully saturated rings. The van der Waals surface area contributed by atoms with E-state index in [4.69, 9.17) is 14.8 Å². The van der Waals surface area contributed by atoms with E-state index in [1.165, 1.54) is 0 Å². The van der Waals surface area contributed by atoms with Gasteiger partial charge in [-0.15, -0.1) is 0 Å². The Morgan fingerprint density at radius 2 is 1.58 bits per heavy atom. The molecule has 7 nitrogen and oxygen atoms in total. The molecule has 1 heterocycles. The highest BCUT2D eigenvalue weighted by atomic mass is 16.7. The molecule has 8 heteroatoms. The van der Waals surface area contributed by atoms with Crippen LogP contribution in [0.4, 0.5) is 5.69 Å². The van der Waals surface area contributed by atoms with Crippen molar-refractivity contribution in [3.05, 3.63) is 32.7 Å². The van der Waals surface area contributed by atoms with Crippen LogP contribution in [0.2, 0.25) is 0 Å². The molecule has 0 amide bonds. The third-order valence-electron chi connectivity index (χ3n) is 5.12. The van der Waals surface area contributed by atoms with Crippen molar-refractivity contribution in [2.75, 3.05) is 0 Å². The number of benzene rings is 1. The lowest BCUT2D eigenvalue weighted by Crippen LogP contribution is -2.41. The number of carboxylic acids is 1. The molecule has 1 saturated heterocycles. The summed E-state index contributed by atoms with van der Waals surface area (Å²) in [5, 5.41) is 13.3. The van der Waals surface area contributed by atoms with Crippen molar-refractivity contribution in [3.63, 3.8) is 0 Å². The maximum absolute atomic E-state index is 11.7. The monoisotopic (exact) mass is 331 g/mol. The number of rotatable bonds is 3. The first-order valence-corrected chi connectivity index (χ1v) is 7.72. The van der Waals surface area contributed by atoms with Gasteiger partial charge in [0, 0.05) is 10.6 Å². The van der Waals surface area contributed by atoms with Gasteiger partial charge in [0.1, 0.15) is 0 Å². The number of hydrogen-bond donors (Lipinski definition) is 1. The van der Waals surface area contributed by atoms with Crippen LogP contribution in [-0.4, -0.2) is 29.4 Å². The average molecular weight is 331 g/mol. The van der Waals surface area contributed by atoms with Crippen LogP contribution in [0.25, 0.3) is 10.4 Å². The Kier molecular flexibility index (Phi) is 4.44. The lowest BCUT2D eigenvalue weighted by atomic mass is 9.71. The van der Waals surface area contributed by atoms with Crippen molar-refractivity contribution >= 4 is 24.2 Å². The summed E-state index contributed by atoms with van der Waals surface area (Å²) in [4.78, 5) is 14.5. The van der Waals surface area contributed by atoms with Gasteiger partial charge in [0.15, 0.2) is 0 Å². The zero-order valence-electron chi connectivity index (χ0n) is 15.1. The van der Waals surface area contributed by atoms with Crippen LogP contribution in [0.15, 0.2) is 5.11 Å². The summed E-state index contributed by atoms with van der Waals surface area (Å²) in [5.74, 6) is -1.07. The van der Waals surface area contributed by atoms with E-state index < -0.39 is 24.3 Å². The largest absolute Gasteiger partial charge is 0.495 e. The summed E-state index contributed by atoms with van der Waals surface area (Å²) in [5.41, 5.74) is 10.4. The van der Waals surface area contributed by atoms with Gasteiger partial charge >= 0.3 is 13.1 Å². The first kappa shape index (κ1) is 18.3. The number of nitrogens with zero attached hydrogens (tertiary/aromatic N) is 3. The second kappa shape index (κ2) is 5.81. The first-order valence-electron chi connectivity index (χ1n) is 7.72. The summed E-state index contributed by atoms with van der Waals surface area (Å²) >= 11 is 0. The Morgan fingerprint density at radius 1 is 1.08 bits per heavy atom. The van der Waals surface area contributed by atoms with Gasteiger partial charge in [-0.2, -0.15) is 0 Å². The van der Waals surface area contributed by atoms with Gasteiger partial charge in [0.25, 0.3) is 0 Å². The predicted octanol–water partition coefficient (Wildman–Crippen LogP) is 3.55. The Hall–Kier alpha value is -2.02. The van der Waals surface area contributed by atoms with E-state index >= 15 is 0 Å². The van der Waals surface area contributed by atoms with E-state index in [0.717, 1.165) is 0 Å². The number of hydrogen-bond acceptors (Lipinski definition) is 4. The van der Waals surface area contributed by atoms with Crippen LogP contribution in [0.5, 0.6) is 0 Å². The number of carbonyl (C=O) groups is 1. The second-order valence-electron chi connectivity index (χ2n) is 7.10. The minimum absolute atomic E-state index is 0.118. The summed E-state index contributed by atoms with van der Waals surface area (Å²) in [6.45, 7) is 12.9. The van der Waals surface area contributed by atoms with Crippen molar-refractivity contribution in [3.8, 4) is 0 Å². The molecule has 1 aromatic rings. The van der Waals surface area contributed by atoms with Gasteiger partial charge in [-0.05, 0) is 76.2 Å². The molecule has 1 aliphatic heterocycles. The molecule has 1 aromatic carbocycles. The fraction of sp³-hybridized carbons (Fsp3) is 0.562. The molecule has 0 radical (unpaired) electrons. The van der Waals surface area contributed by atoms with Crippen LogP contribution in [0.1, 0.15) is 54.7 Å². The van der Waals surface area contributed by atoms with Crippen LogP contribution in [0, 0.1) is 20.8 Å². The number of aromatic carboxylic acids is 1. The molecule has 0 saturated carbocycles. The average Bonchev–Trinajstić information content (AvgIpc) is 2.62. The first-order chi connectivity index (χ1) is 10.9. The fourth-order valence-corrected chi connectivity index (χ4v) is 3.05. The fourth-order valence-electron chi connectivity index (χ4n) is 3.05. The van der Waals surface area contributed by atoms with Gasteiger partial charge in [-0.3, -0.25) is 0 Å². The quantitative estimate of drug-likeness (QED) is 0.396. The predicted molar refractivity (Wildman–Crippen MR) is 92.1 cm³/mol. The van der Waals surface area contributed by atoms with E-state index in [1.54, 1.807) is 20.8 Å². The van der Waals surface area contributed by atoms with E-state index in [0.29, 0.717) is 27.8 Å². The third-order valence-corrected chi connectivity index (χ3v) is 5.12. The Labute approximate surface area is 141 Å². The van der Waals surface area contributed by atoms with Crippen molar-refractivity contribution in [1.29, 1.82) is 0 Å². The van der Waals surface area contributed by atoms with E-state index in [9.17, 15) is 9.90 Å². The Balaban J connectivity index is 2.76. The molecule has 0 atom stereocenters. The molecule has 0 aliphatic carbocycles. The lowest BCUT2D eigenvalue weighted by Gasteiger charge is -2.32. The van der Waals surface area contributed by atoms with Crippen LogP contribution < -0.4 is 5.46 Å². The van der Waals surface area contributed by atoms with Gasteiger partial charge in [0.05, 0.1) is 16.8 Å². The molecule has 1 aliphatic rings. The van der Waals surface area contributed by atoms with Crippen molar-refractivity contribution < 1.29 is 19.2 Å². The zero-order chi connectivity index (χ0) is 18.4. The molecule has 0 bridgehead atoms. The molecular formula is C16H22BN3O4. The summed E-state index contributed by atoms with van der Waals surface area (Å²) in [7, 11) is -0.721. The van der Waals surface area contributed by atoms with Crippen LogP contribution in [0.3, 0.4) is 0 Å². The molecule has 1 N–H and O–H groups in total. The number of azide groups is 1. The number of carboxylic acid groups (broad SMARTS) is 1. The highest BCUT2D eigenvalue weighted by Gasteiger charge is 2.52. The molecular weight excluding hydrogens is 309 g/mol. The van der Waals surface area contributed by atoms with Crippen molar-refractivity contribution in [2.24, 2.45) is 5.11 Å². The normalized spacial score (nSPS) is 18.4. The molecule has 0 unspecified atom stereocenters. The minimum Gasteiger partial charge on any atom is -0.478 e. The smallest absolute Gasteiger partial charge is 0.478 e. The lowest BCUT2D eigenvalue weighted by molar-refractivity contribution is 0.00578. The maximum Gasteiger partial charge on any atom is 0.495 e. The Bertz CT molecular complexity index is 722. The highest BCUT2D eigenvalue weighted by Crippen LogP contribution is 2.38. The van der Waals surface area contributed by atoms with E-state index in [-0.39, 0.29) is 5.56 Å². The Morgan fingerprint density at radius 3 is 2.00 bits per heavy atom. The van der Waals surface area contributed by atoms with Gasteiger partial charge in [0.2, 0.25) is 0 Å². The minimum atomic E-state index is -1.07. The van der Waals surface area contributed by atoms with Crippen LogP contribution in [-0.2, 0) is 9.31 Å². The van der Waals surface area contributed by atoms with Gasteiger partial charge in [-0.25, -0.2) is 4.79 Å². The second-order valence-corrected chi connectivity index (χ2v) is 7.10. The SMILES string of the molecule is Cc1c(N=[N+]=[N-])c(C)c(C(=O)O)c(C)c1B1OC(C)(C)C(C)(C)O1. The van der Waals surface area contributed by atoms with Crippen LogP contribution >= 0.6 is 0 Å². The molecule has 24 heavy (non-hydrogen) atoms. The zero-order valence-corrected chi connectivity index (χ0v) is 15.1. The summed E-state index contributed by atoms with van der Waals surface area (Å²) in [6, 6.07) is 0. The van der Waals surface area contributed by atoms with Gasteiger partial charge < -0.3 is 14.4 Å². The third kappa shape index (κ3) is 2.67. The molecule has 2 rings (SSSR count). The van der Waals surface area contributed by atoms with E-state index in [1.807, 2.05) is 27.7 Å². The maximum atomic E-state index is 11.7. The standard InChI is InChI=1S/C16H22BN3O4/c1-8-11(14(21)22)9(2)13(19-20-18)10(3)12(8)17-23-15(4,5)16(6,7)24-17/h1-7H3,(H,21,22). The summed E-state index contributed by atoms with van der Waals surface area (Å²) in [6.07, 6.45) is 0. The molecule has 0 spiro atoms. The summed E-state index contributed by atoms with van der Waals surface area (Å²) < 4.78 is 12.1. The highest BCUT2D eigenvalue weighted by molar-refractivity contribution is 6.63. The molecule has 128 valence electrons. The van der Waals surface area contributed by atoms with Gasteiger partial charge in [-0.1, -0.05) is 5.11 Å². The van der Waals surface area contributed by atoms with Crippen molar-refractivity contribution in [1.82, 2.24) is 0 Å².